The largest absolute Gasteiger partial charge is 0.486 e. The Hall–Kier alpha value is -3.35. The number of fused-ring (bicyclic) bond motifs is 1. The Morgan fingerprint density at radius 2 is 1.81 bits per heavy atom. The lowest BCUT2D eigenvalue weighted by atomic mass is 10.1. The first-order chi connectivity index (χ1) is 13.1. The van der Waals surface area contributed by atoms with Crippen molar-refractivity contribution in [3.8, 4) is 22.9 Å². The van der Waals surface area contributed by atoms with Crippen LogP contribution in [0.4, 0.5) is 0 Å². The molecule has 1 aromatic heterocycles. The van der Waals surface area contributed by atoms with Gasteiger partial charge in [0.2, 0.25) is 11.7 Å². The molecule has 1 amide bonds. The summed E-state index contributed by atoms with van der Waals surface area (Å²) < 4.78 is 16.3. The molecule has 0 N–H and O–H groups in total. The molecule has 2 heterocycles. The maximum absolute atomic E-state index is 12.7. The fourth-order valence-electron chi connectivity index (χ4n) is 2.81. The molecule has 0 aliphatic carbocycles. The number of carbonyl (C=O) groups excluding carboxylic acids is 1. The van der Waals surface area contributed by atoms with Crippen LogP contribution in [0.1, 0.15) is 21.8 Å². The van der Waals surface area contributed by atoms with Gasteiger partial charge in [0.05, 0.1) is 6.54 Å². The standard InChI is InChI=1S/C20H19N3O4/c1-13-3-5-14(6-4-13)19-21-18(27-22-19)12-23(2)20(24)15-7-8-16-17(11-15)26-10-9-25-16/h3-8,11H,9-10,12H2,1-2H3. The van der Waals surface area contributed by atoms with Gasteiger partial charge < -0.3 is 18.9 Å². The molecule has 0 saturated carbocycles. The molecule has 138 valence electrons. The van der Waals surface area contributed by atoms with Crippen molar-refractivity contribution in [2.24, 2.45) is 0 Å². The Kier molecular flexibility index (Phi) is 4.50. The number of hydrogen-bond acceptors (Lipinski definition) is 6. The minimum atomic E-state index is -0.165. The third kappa shape index (κ3) is 3.62. The molecule has 1 aliphatic heterocycles. The van der Waals surface area contributed by atoms with Crippen molar-refractivity contribution in [3.63, 3.8) is 0 Å². The highest BCUT2D eigenvalue weighted by Gasteiger charge is 2.19. The van der Waals surface area contributed by atoms with Gasteiger partial charge in [0.15, 0.2) is 11.5 Å². The van der Waals surface area contributed by atoms with Crippen LogP contribution in [0.2, 0.25) is 0 Å². The predicted molar refractivity (Wildman–Crippen MR) is 97.7 cm³/mol. The number of hydrogen-bond donors (Lipinski definition) is 0. The summed E-state index contributed by atoms with van der Waals surface area (Å²) in [5, 5.41) is 4.00. The van der Waals surface area contributed by atoms with Gasteiger partial charge in [-0.15, -0.1) is 0 Å². The molecule has 0 bridgehead atoms. The topological polar surface area (TPSA) is 77.7 Å². The van der Waals surface area contributed by atoms with Crippen LogP contribution in [0.25, 0.3) is 11.4 Å². The van der Waals surface area contributed by atoms with Gasteiger partial charge in [0.1, 0.15) is 13.2 Å². The molecule has 0 atom stereocenters. The quantitative estimate of drug-likeness (QED) is 0.707. The smallest absolute Gasteiger partial charge is 0.254 e. The molecule has 1 aliphatic rings. The van der Waals surface area contributed by atoms with Crippen LogP contribution in [0.5, 0.6) is 11.5 Å². The summed E-state index contributed by atoms with van der Waals surface area (Å²) in [6.07, 6.45) is 0. The molecule has 3 aromatic rings. The molecular weight excluding hydrogens is 346 g/mol. The second kappa shape index (κ2) is 7.11. The van der Waals surface area contributed by atoms with Crippen molar-refractivity contribution >= 4 is 5.91 Å². The second-order valence-electron chi connectivity index (χ2n) is 6.40. The van der Waals surface area contributed by atoms with Crippen molar-refractivity contribution < 1.29 is 18.8 Å². The summed E-state index contributed by atoms with van der Waals surface area (Å²) in [4.78, 5) is 18.6. The van der Waals surface area contributed by atoms with E-state index in [0.717, 1.165) is 11.1 Å². The number of ether oxygens (including phenoxy) is 2. The van der Waals surface area contributed by atoms with Gasteiger partial charge in [-0.05, 0) is 25.1 Å². The van der Waals surface area contributed by atoms with Crippen LogP contribution in [0.3, 0.4) is 0 Å². The fourth-order valence-corrected chi connectivity index (χ4v) is 2.81. The average molecular weight is 365 g/mol. The van der Waals surface area contributed by atoms with Gasteiger partial charge in [0, 0.05) is 18.2 Å². The number of amides is 1. The molecule has 0 fully saturated rings. The number of aromatic nitrogens is 2. The van der Waals surface area contributed by atoms with Crippen molar-refractivity contribution in [3.05, 3.63) is 59.5 Å². The summed E-state index contributed by atoms with van der Waals surface area (Å²) in [7, 11) is 1.69. The Morgan fingerprint density at radius 1 is 1.07 bits per heavy atom. The van der Waals surface area contributed by atoms with E-state index in [0.29, 0.717) is 42.0 Å². The van der Waals surface area contributed by atoms with E-state index in [1.165, 1.54) is 4.90 Å². The van der Waals surface area contributed by atoms with E-state index in [1.807, 2.05) is 31.2 Å². The van der Waals surface area contributed by atoms with E-state index in [9.17, 15) is 4.79 Å². The predicted octanol–water partition coefficient (Wildman–Crippen LogP) is 3.09. The fraction of sp³-hybridized carbons (Fsp3) is 0.250. The summed E-state index contributed by atoms with van der Waals surface area (Å²) >= 11 is 0. The van der Waals surface area contributed by atoms with E-state index in [2.05, 4.69) is 10.1 Å². The summed E-state index contributed by atoms with van der Waals surface area (Å²) in [5.41, 5.74) is 2.55. The molecular formula is C20H19N3O4. The molecule has 0 spiro atoms. The van der Waals surface area contributed by atoms with Gasteiger partial charge in [-0.25, -0.2) is 0 Å². The summed E-state index contributed by atoms with van der Waals surface area (Å²) in [6.45, 7) is 3.22. The number of benzene rings is 2. The normalized spacial score (nSPS) is 12.7. The van der Waals surface area contributed by atoms with Crippen LogP contribution in [-0.4, -0.2) is 41.2 Å². The molecule has 0 unspecified atom stereocenters. The number of rotatable bonds is 4. The lowest BCUT2D eigenvalue weighted by Gasteiger charge is -2.20. The number of aryl methyl sites for hydroxylation is 1. The maximum atomic E-state index is 12.7. The first-order valence-corrected chi connectivity index (χ1v) is 8.65. The van der Waals surface area contributed by atoms with E-state index < -0.39 is 0 Å². The Morgan fingerprint density at radius 3 is 2.59 bits per heavy atom. The third-order valence-electron chi connectivity index (χ3n) is 4.29. The minimum absolute atomic E-state index is 0.165. The van der Waals surface area contributed by atoms with Gasteiger partial charge in [-0.3, -0.25) is 4.79 Å². The van der Waals surface area contributed by atoms with Crippen LogP contribution in [0, 0.1) is 6.92 Å². The summed E-state index contributed by atoms with van der Waals surface area (Å²) in [5.74, 6) is 1.95. The average Bonchev–Trinajstić information content (AvgIpc) is 3.16. The minimum Gasteiger partial charge on any atom is -0.486 e. The van der Waals surface area contributed by atoms with Crippen molar-refractivity contribution in [1.29, 1.82) is 0 Å². The number of carbonyl (C=O) groups is 1. The molecule has 0 radical (unpaired) electrons. The highest BCUT2D eigenvalue weighted by Crippen LogP contribution is 2.31. The van der Waals surface area contributed by atoms with E-state index in [-0.39, 0.29) is 12.5 Å². The monoisotopic (exact) mass is 365 g/mol. The lowest BCUT2D eigenvalue weighted by Crippen LogP contribution is -2.26. The SMILES string of the molecule is Cc1ccc(-c2noc(CN(C)C(=O)c3ccc4c(c3)OCCO4)n2)cc1. The molecule has 7 heteroatoms. The maximum Gasteiger partial charge on any atom is 0.254 e. The van der Waals surface area contributed by atoms with Crippen molar-refractivity contribution in [2.75, 3.05) is 20.3 Å². The van der Waals surface area contributed by atoms with Crippen LogP contribution >= 0.6 is 0 Å². The Bertz CT molecular complexity index is 966. The zero-order chi connectivity index (χ0) is 18.8. The van der Waals surface area contributed by atoms with Crippen molar-refractivity contribution in [2.45, 2.75) is 13.5 Å². The van der Waals surface area contributed by atoms with Gasteiger partial charge in [-0.1, -0.05) is 35.0 Å². The first kappa shape index (κ1) is 17.1. The lowest BCUT2D eigenvalue weighted by molar-refractivity contribution is 0.0768. The summed E-state index contributed by atoms with van der Waals surface area (Å²) in [6, 6.07) is 13.0. The Labute approximate surface area is 156 Å². The van der Waals surface area contributed by atoms with Crippen molar-refractivity contribution in [1.82, 2.24) is 15.0 Å². The number of nitrogens with zero attached hydrogens (tertiary/aromatic N) is 3. The van der Waals surface area contributed by atoms with Gasteiger partial charge in [-0.2, -0.15) is 4.98 Å². The molecule has 4 rings (SSSR count). The Balaban J connectivity index is 1.46. The van der Waals surface area contributed by atoms with Gasteiger partial charge in [0.25, 0.3) is 5.91 Å². The highest BCUT2D eigenvalue weighted by molar-refractivity contribution is 5.94. The third-order valence-corrected chi connectivity index (χ3v) is 4.29. The molecule has 2 aromatic carbocycles. The molecule has 7 nitrogen and oxygen atoms in total. The molecule has 27 heavy (non-hydrogen) atoms. The highest BCUT2D eigenvalue weighted by atomic mass is 16.6. The van der Waals surface area contributed by atoms with Gasteiger partial charge >= 0.3 is 0 Å². The van der Waals surface area contributed by atoms with E-state index in [4.69, 9.17) is 14.0 Å². The van der Waals surface area contributed by atoms with E-state index in [1.54, 1.807) is 25.2 Å². The second-order valence-corrected chi connectivity index (χ2v) is 6.40. The zero-order valence-corrected chi connectivity index (χ0v) is 15.1. The first-order valence-electron chi connectivity index (χ1n) is 8.65. The van der Waals surface area contributed by atoms with Crippen LogP contribution < -0.4 is 9.47 Å². The van der Waals surface area contributed by atoms with E-state index >= 15 is 0 Å². The van der Waals surface area contributed by atoms with Crippen LogP contribution in [-0.2, 0) is 6.54 Å². The zero-order valence-electron chi connectivity index (χ0n) is 15.1. The molecule has 0 saturated heterocycles. The van der Waals surface area contributed by atoms with Crippen LogP contribution in [0.15, 0.2) is 47.0 Å².